The van der Waals surface area contributed by atoms with Gasteiger partial charge >= 0.3 is 0 Å². The maximum atomic E-state index is 12.6. The summed E-state index contributed by atoms with van der Waals surface area (Å²) in [4.78, 5) is 26.7. The van der Waals surface area contributed by atoms with Crippen molar-refractivity contribution in [2.45, 2.75) is 46.7 Å². The fourth-order valence-electron chi connectivity index (χ4n) is 3.38. The lowest BCUT2D eigenvalue weighted by molar-refractivity contribution is -0.137. The van der Waals surface area contributed by atoms with Gasteiger partial charge in [0.2, 0.25) is 0 Å². The quantitative estimate of drug-likeness (QED) is 0.393. The first-order valence-corrected chi connectivity index (χ1v) is 10.7. The molecule has 0 saturated heterocycles. The molecule has 0 radical (unpaired) electrons. The number of carbonyl (C=O) groups excluding carboxylic acids is 2. The van der Waals surface area contributed by atoms with Crippen LogP contribution >= 0.6 is 0 Å². The predicted octanol–water partition coefficient (Wildman–Crippen LogP) is 4.88. The Morgan fingerprint density at radius 2 is 1.66 bits per heavy atom. The minimum atomic E-state index is -0.166. The number of hydrogen-bond acceptors (Lipinski definition) is 5. The Labute approximate surface area is 190 Å². The number of nitriles is 1. The predicted molar refractivity (Wildman–Crippen MR) is 125 cm³/mol. The van der Waals surface area contributed by atoms with Gasteiger partial charge in [0.1, 0.15) is 0 Å². The lowest BCUT2D eigenvalue weighted by atomic mass is 10.1. The second kappa shape index (κ2) is 11.7. The summed E-state index contributed by atoms with van der Waals surface area (Å²) >= 11 is 0. The Bertz CT molecular complexity index is 993. The fourth-order valence-corrected chi connectivity index (χ4v) is 3.38. The molecule has 0 aromatic heterocycles. The summed E-state index contributed by atoms with van der Waals surface area (Å²) in [6.45, 7) is 10.1. The van der Waals surface area contributed by atoms with Crippen LogP contribution < -0.4 is 9.47 Å². The van der Waals surface area contributed by atoms with E-state index in [1.807, 2.05) is 40.7 Å². The van der Waals surface area contributed by atoms with E-state index in [0.29, 0.717) is 29.2 Å². The van der Waals surface area contributed by atoms with Crippen LogP contribution in [0.5, 0.6) is 11.5 Å². The molecule has 0 heterocycles. The highest BCUT2D eigenvalue weighted by molar-refractivity contribution is 6.06. The SMILES string of the molecule is CCOc1cc(/C=C/C(=O)c2ccc(C#N)cc2)ccc1OCC(=O)N(C(C)C)C(C)C. The Morgan fingerprint density at radius 3 is 2.22 bits per heavy atom. The number of benzene rings is 2. The summed E-state index contributed by atoms with van der Waals surface area (Å²) in [6, 6.07) is 14.0. The summed E-state index contributed by atoms with van der Waals surface area (Å²) in [5.41, 5.74) is 1.77. The van der Waals surface area contributed by atoms with E-state index < -0.39 is 0 Å². The molecule has 0 aliphatic carbocycles. The molecule has 2 aromatic rings. The molecule has 0 saturated carbocycles. The van der Waals surface area contributed by atoms with Crippen LogP contribution in [0.1, 0.15) is 56.1 Å². The standard InChI is InChI=1S/C26H30N2O4/c1-6-31-25-15-20(9-13-23(29)22-11-7-21(16-27)8-12-22)10-14-24(25)32-17-26(30)28(18(2)3)19(4)5/h7-15,18-19H,6,17H2,1-5H3/b13-9+. The molecule has 0 aliphatic rings. The zero-order valence-electron chi connectivity index (χ0n) is 19.3. The molecule has 6 heteroatoms. The van der Waals surface area contributed by atoms with Gasteiger partial charge < -0.3 is 14.4 Å². The van der Waals surface area contributed by atoms with E-state index in [2.05, 4.69) is 0 Å². The second-order valence-electron chi connectivity index (χ2n) is 7.80. The highest BCUT2D eigenvalue weighted by Crippen LogP contribution is 2.29. The smallest absolute Gasteiger partial charge is 0.260 e. The Morgan fingerprint density at radius 1 is 1.00 bits per heavy atom. The summed E-state index contributed by atoms with van der Waals surface area (Å²) in [6.07, 6.45) is 3.16. The van der Waals surface area contributed by atoms with Crippen molar-refractivity contribution in [1.29, 1.82) is 5.26 Å². The molecule has 0 N–H and O–H groups in total. The van der Waals surface area contributed by atoms with Gasteiger partial charge in [-0.1, -0.05) is 12.1 Å². The van der Waals surface area contributed by atoms with E-state index in [1.54, 1.807) is 53.4 Å². The van der Waals surface area contributed by atoms with E-state index >= 15 is 0 Å². The van der Waals surface area contributed by atoms with Gasteiger partial charge in [-0.05, 0) is 82.7 Å². The maximum absolute atomic E-state index is 12.6. The molecule has 0 fully saturated rings. The van der Waals surface area contributed by atoms with E-state index in [4.69, 9.17) is 14.7 Å². The van der Waals surface area contributed by atoms with Crippen molar-refractivity contribution in [3.8, 4) is 17.6 Å². The molecular formula is C26H30N2O4. The highest BCUT2D eigenvalue weighted by atomic mass is 16.5. The van der Waals surface area contributed by atoms with Crippen LogP contribution in [0.4, 0.5) is 0 Å². The first kappa shape index (κ1) is 24.7. The lowest BCUT2D eigenvalue weighted by Crippen LogP contribution is -2.44. The molecule has 0 spiro atoms. The van der Waals surface area contributed by atoms with Crippen LogP contribution in [-0.4, -0.2) is 41.9 Å². The summed E-state index contributed by atoms with van der Waals surface area (Å²) < 4.78 is 11.5. The van der Waals surface area contributed by atoms with Gasteiger partial charge in [0.15, 0.2) is 23.9 Å². The van der Waals surface area contributed by atoms with E-state index in [1.165, 1.54) is 6.08 Å². The van der Waals surface area contributed by atoms with Crippen molar-refractivity contribution in [2.24, 2.45) is 0 Å². The first-order chi connectivity index (χ1) is 15.3. The lowest BCUT2D eigenvalue weighted by Gasteiger charge is -2.30. The molecule has 0 atom stereocenters. The van der Waals surface area contributed by atoms with Crippen LogP contribution in [-0.2, 0) is 4.79 Å². The van der Waals surface area contributed by atoms with Crippen molar-refractivity contribution >= 4 is 17.8 Å². The summed E-state index contributed by atoms with van der Waals surface area (Å²) in [5, 5.41) is 8.86. The van der Waals surface area contributed by atoms with Crippen molar-refractivity contribution in [3.05, 3.63) is 65.2 Å². The fraction of sp³-hybridized carbons (Fsp3) is 0.346. The number of nitrogens with zero attached hydrogens (tertiary/aromatic N) is 2. The largest absolute Gasteiger partial charge is 0.490 e. The minimum absolute atomic E-state index is 0.0806. The number of hydrogen-bond donors (Lipinski definition) is 0. The third kappa shape index (κ3) is 6.71. The molecule has 1 amide bonds. The topological polar surface area (TPSA) is 79.6 Å². The monoisotopic (exact) mass is 434 g/mol. The number of amides is 1. The van der Waals surface area contributed by atoms with Crippen molar-refractivity contribution in [3.63, 3.8) is 0 Å². The average molecular weight is 435 g/mol. The molecular weight excluding hydrogens is 404 g/mol. The molecule has 168 valence electrons. The minimum Gasteiger partial charge on any atom is -0.490 e. The molecule has 0 bridgehead atoms. The highest BCUT2D eigenvalue weighted by Gasteiger charge is 2.21. The number of rotatable bonds is 10. The van der Waals surface area contributed by atoms with Crippen molar-refractivity contribution < 1.29 is 19.1 Å². The maximum Gasteiger partial charge on any atom is 0.260 e. The zero-order valence-corrected chi connectivity index (χ0v) is 19.3. The number of carbonyl (C=O) groups is 2. The van der Waals surface area contributed by atoms with Gasteiger partial charge in [-0.2, -0.15) is 5.26 Å². The number of ketones is 1. The number of ether oxygens (including phenoxy) is 2. The molecule has 0 unspecified atom stereocenters. The van der Waals surface area contributed by atoms with Crippen LogP contribution in [0.25, 0.3) is 6.08 Å². The Balaban J connectivity index is 2.12. The van der Waals surface area contributed by atoms with E-state index in [-0.39, 0.29) is 30.4 Å². The third-order valence-corrected chi connectivity index (χ3v) is 4.75. The van der Waals surface area contributed by atoms with Gasteiger partial charge in [0.25, 0.3) is 5.91 Å². The summed E-state index contributed by atoms with van der Waals surface area (Å²) in [7, 11) is 0. The average Bonchev–Trinajstić information content (AvgIpc) is 2.76. The van der Waals surface area contributed by atoms with Gasteiger partial charge in [0, 0.05) is 17.6 Å². The molecule has 6 nitrogen and oxygen atoms in total. The van der Waals surface area contributed by atoms with Crippen molar-refractivity contribution in [1.82, 2.24) is 4.90 Å². The van der Waals surface area contributed by atoms with Gasteiger partial charge in [-0.3, -0.25) is 9.59 Å². The first-order valence-electron chi connectivity index (χ1n) is 10.7. The molecule has 2 rings (SSSR count). The van der Waals surface area contributed by atoms with Crippen LogP contribution in [0.2, 0.25) is 0 Å². The normalized spacial score (nSPS) is 10.9. The van der Waals surface area contributed by atoms with Crippen LogP contribution in [0, 0.1) is 11.3 Å². The molecule has 2 aromatic carbocycles. The second-order valence-corrected chi connectivity index (χ2v) is 7.80. The van der Waals surface area contributed by atoms with Crippen LogP contribution in [0.3, 0.4) is 0 Å². The molecule has 32 heavy (non-hydrogen) atoms. The summed E-state index contributed by atoms with van der Waals surface area (Å²) in [5.74, 6) is 0.729. The number of allylic oxidation sites excluding steroid dienone is 1. The van der Waals surface area contributed by atoms with Crippen LogP contribution in [0.15, 0.2) is 48.5 Å². The van der Waals surface area contributed by atoms with Gasteiger partial charge in [-0.25, -0.2) is 0 Å². The molecule has 0 aliphatic heterocycles. The third-order valence-electron chi connectivity index (χ3n) is 4.75. The van der Waals surface area contributed by atoms with E-state index in [9.17, 15) is 9.59 Å². The van der Waals surface area contributed by atoms with E-state index in [0.717, 1.165) is 5.56 Å². The van der Waals surface area contributed by atoms with Gasteiger partial charge in [0.05, 0.1) is 18.2 Å². The zero-order chi connectivity index (χ0) is 23.7. The Hall–Kier alpha value is -3.59. The Kier molecular flexibility index (Phi) is 9.03. The van der Waals surface area contributed by atoms with Gasteiger partial charge in [-0.15, -0.1) is 0 Å². The van der Waals surface area contributed by atoms with Crippen molar-refractivity contribution in [2.75, 3.05) is 13.2 Å².